The van der Waals surface area contributed by atoms with Crippen molar-refractivity contribution in [1.82, 2.24) is 0 Å². The van der Waals surface area contributed by atoms with Gasteiger partial charge in [-0.2, -0.15) is 0 Å². The number of carboxylic acid groups (broad SMARTS) is 1. The first-order valence-electron chi connectivity index (χ1n) is 12.1. The molecule has 29 heavy (non-hydrogen) atoms. The van der Waals surface area contributed by atoms with E-state index in [0.29, 0.717) is 17.4 Å². The summed E-state index contributed by atoms with van der Waals surface area (Å²) in [6.07, 6.45) is 20.2. The summed E-state index contributed by atoms with van der Waals surface area (Å²) >= 11 is 0. The summed E-state index contributed by atoms with van der Waals surface area (Å²) in [6, 6.07) is 0. The molecule has 5 heteroatoms. The van der Waals surface area contributed by atoms with Gasteiger partial charge in [-0.15, -0.1) is 0 Å². The summed E-state index contributed by atoms with van der Waals surface area (Å²) in [5.74, 6) is -0.992. The number of carbonyl (C=O) groups excluding carboxylic acids is 1. The Balaban J connectivity index is 3.32. The van der Waals surface area contributed by atoms with Gasteiger partial charge in [-0.05, 0) is 6.42 Å². The summed E-state index contributed by atoms with van der Waals surface area (Å²) in [5.41, 5.74) is 0. The third kappa shape index (κ3) is 21.4. The van der Waals surface area contributed by atoms with E-state index in [-0.39, 0.29) is 19.1 Å². The topological polar surface area (TPSA) is 63.6 Å². The molecular formula is C24H48NO4+. The predicted molar refractivity (Wildman–Crippen MR) is 120 cm³/mol. The molecule has 5 nitrogen and oxygen atoms in total. The zero-order valence-electron chi connectivity index (χ0n) is 19.6. The molecule has 0 aromatic carbocycles. The number of unbranched alkanes of at least 4 members (excludes halogenated alkanes) is 14. The Kier molecular flexibility index (Phi) is 18.2. The van der Waals surface area contributed by atoms with Crippen LogP contribution in [0.1, 0.15) is 110 Å². The summed E-state index contributed by atoms with van der Waals surface area (Å²) in [4.78, 5) is 22.5. The number of rotatable bonds is 21. The van der Waals surface area contributed by atoms with E-state index < -0.39 is 5.97 Å². The fraction of sp³-hybridized carbons (Fsp3) is 0.917. The first-order chi connectivity index (χ1) is 13.9. The van der Waals surface area contributed by atoms with Crippen LogP contribution in [-0.4, -0.2) is 55.3 Å². The van der Waals surface area contributed by atoms with Crippen LogP contribution in [0.25, 0.3) is 0 Å². The number of hydrogen-bond acceptors (Lipinski definition) is 3. The number of ether oxygens (including phenoxy) is 1. The van der Waals surface area contributed by atoms with Crippen molar-refractivity contribution in [2.45, 2.75) is 110 Å². The van der Waals surface area contributed by atoms with Crippen LogP contribution in [0.5, 0.6) is 0 Å². The molecule has 0 heterocycles. The van der Waals surface area contributed by atoms with E-state index >= 15 is 0 Å². The number of nitrogens with zero attached hydrogens (tertiary/aromatic N) is 1. The van der Waals surface area contributed by atoms with Gasteiger partial charge in [0.05, 0.1) is 14.1 Å². The highest BCUT2D eigenvalue weighted by atomic mass is 16.5. The quantitative estimate of drug-likeness (QED) is 0.143. The Hall–Kier alpha value is -1.10. The Morgan fingerprint density at radius 2 is 1.14 bits per heavy atom. The number of carbonyl (C=O) groups is 2. The largest absolute Gasteiger partial charge is 0.477 e. The molecule has 0 rings (SSSR count). The maximum atomic E-state index is 11.7. The van der Waals surface area contributed by atoms with E-state index in [1.165, 1.54) is 83.5 Å². The van der Waals surface area contributed by atoms with Crippen LogP contribution >= 0.6 is 0 Å². The maximum absolute atomic E-state index is 11.7. The van der Waals surface area contributed by atoms with E-state index in [9.17, 15) is 9.59 Å². The standard InChI is InChI=1S/C24H47NO4/c1-4-5-6-7-8-9-10-11-12-13-14-15-16-17-18-19-24(28)29-21-20-25(2,3)22-23(26)27/h4-22H2,1-3H3/p+1. The van der Waals surface area contributed by atoms with Crippen LogP contribution in [0.2, 0.25) is 0 Å². The van der Waals surface area contributed by atoms with E-state index in [4.69, 9.17) is 9.84 Å². The molecule has 1 N–H and O–H groups in total. The van der Waals surface area contributed by atoms with Crippen molar-refractivity contribution in [3.05, 3.63) is 0 Å². The molecule has 0 radical (unpaired) electrons. The average molecular weight is 415 g/mol. The Morgan fingerprint density at radius 1 is 0.724 bits per heavy atom. The lowest BCUT2D eigenvalue weighted by atomic mass is 10.0. The third-order valence-electron chi connectivity index (χ3n) is 5.51. The average Bonchev–Trinajstić information content (AvgIpc) is 2.63. The molecule has 0 amide bonds. The normalized spacial score (nSPS) is 11.6. The highest BCUT2D eigenvalue weighted by Crippen LogP contribution is 2.13. The van der Waals surface area contributed by atoms with Gasteiger partial charge in [-0.1, -0.05) is 96.8 Å². The lowest BCUT2D eigenvalue weighted by Gasteiger charge is -2.27. The molecule has 0 fully saturated rings. The molecule has 0 unspecified atom stereocenters. The Bertz CT molecular complexity index is 410. The predicted octanol–water partition coefficient (Wildman–Crippen LogP) is 5.95. The van der Waals surface area contributed by atoms with E-state index in [1.807, 2.05) is 14.1 Å². The number of carboxylic acids is 1. The van der Waals surface area contributed by atoms with Crippen LogP contribution in [0.4, 0.5) is 0 Å². The van der Waals surface area contributed by atoms with Crippen molar-refractivity contribution in [3.8, 4) is 0 Å². The van der Waals surface area contributed by atoms with Gasteiger partial charge in [0.25, 0.3) is 0 Å². The number of aliphatic carboxylic acids is 1. The molecule has 0 spiro atoms. The van der Waals surface area contributed by atoms with Gasteiger partial charge in [-0.25, -0.2) is 4.79 Å². The second-order valence-corrected chi connectivity index (χ2v) is 9.13. The van der Waals surface area contributed by atoms with Gasteiger partial charge in [0.2, 0.25) is 0 Å². The minimum absolute atomic E-state index is 0.0383. The molecule has 0 bridgehead atoms. The lowest BCUT2D eigenvalue weighted by molar-refractivity contribution is -0.883. The fourth-order valence-corrected chi connectivity index (χ4v) is 3.56. The smallest absolute Gasteiger partial charge is 0.359 e. The maximum Gasteiger partial charge on any atom is 0.359 e. The van der Waals surface area contributed by atoms with E-state index in [0.717, 1.165) is 12.8 Å². The molecule has 172 valence electrons. The SMILES string of the molecule is CCCCCCCCCCCCCCCCCC(=O)OCC[N+](C)(C)CC(=O)O. The zero-order chi connectivity index (χ0) is 21.8. The molecule has 0 aliphatic rings. The second kappa shape index (κ2) is 18.9. The van der Waals surface area contributed by atoms with Crippen molar-refractivity contribution in [2.75, 3.05) is 33.8 Å². The number of esters is 1. The molecule has 0 aliphatic carbocycles. The van der Waals surface area contributed by atoms with Crippen molar-refractivity contribution in [3.63, 3.8) is 0 Å². The van der Waals surface area contributed by atoms with Crippen molar-refractivity contribution >= 4 is 11.9 Å². The lowest BCUT2D eigenvalue weighted by Crippen LogP contribution is -2.46. The van der Waals surface area contributed by atoms with Gasteiger partial charge in [0, 0.05) is 6.42 Å². The van der Waals surface area contributed by atoms with Crippen LogP contribution in [0.3, 0.4) is 0 Å². The van der Waals surface area contributed by atoms with Crippen LogP contribution in [0, 0.1) is 0 Å². The van der Waals surface area contributed by atoms with Crippen molar-refractivity contribution in [2.24, 2.45) is 0 Å². The van der Waals surface area contributed by atoms with Crippen LogP contribution < -0.4 is 0 Å². The Morgan fingerprint density at radius 3 is 1.55 bits per heavy atom. The van der Waals surface area contributed by atoms with Gasteiger partial charge in [-0.3, -0.25) is 4.79 Å². The number of likely N-dealkylation sites (N-methyl/N-ethyl adjacent to an activating group) is 1. The Labute approximate surface area is 179 Å². The molecule has 0 saturated heterocycles. The van der Waals surface area contributed by atoms with Crippen LogP contribution in [0.15, 0.2) is 0 Å². The van der Waals surface area contributed by atoms with Crippen molar-refractivity contribution in [1.29, 1.82) is 0 Å². The second-order valence-electron chi connectivity index (χ2n) is 9.13. The molecule has 0 atom stereocenters. The van der Waals surface area contributed by atoms with Gasteiger partial charge in [0.1, 0.15) is 13.2 Å². The van der Waals surface area contributed by atoms with Gasteiger partial charge >= 0.3 is 11.9 Å². The van der Waals surface area contributed by atoms with E-state index in [2.05, 4.69) is 6.92 Å². The summed E-state index contributed by atoms with van der Waals surface area (Å²) in [5, 5.41) is 8.84. The fourth-order valence-electron chi connectivity index (χ4n) is 3.56. The number of hydrogen-bond donors (Lipinski definition) is 1. The molecule has 0 aromatic rings. The zero-order valence-corrected chi connectivity index (χ0v) is 19.6. The van der Waals surface area contributed by atoms with Gasteiger partial charge < -0.3 is 14.3 Å². The molecular weight excluding hydrogens is 366 g/mol. The summed E-state index contributed by atoms with van der Waals surface area (Å²) in [6.45, 7) is 3.12. The first-order valence-corrected chi connectivity index (χ1v) is 12.1. The first kappa shape index (κ1) is 27.9. The van der Waals surface area contributed by atoms with E-state index in [1.54, 1.807) is 0 Å². The molecule has 0 saturated carbocycles. The summed E-state index contributed by atoms with van der Waals surface area (Å²) < 4.78 is 5.55. The molecule has 0 aromatic heterocycles. The highest BCUT2D eigenvalue weighted by Gasteiger charge is 2.19. The molecule has 0 aliphatic heterocycles. The monoisotopic (exact) mass is 414 g/mol. The third-order valence-corrected chi connectivity index (χ3v) is 5.51. The number of quaternary nitrogens is 1. The van der Waals surface area contributed by atoms with Crippen molar-refractivity contribution < 1.29 is 23.9 Å². The minimum Gasteiger partial charge on any atom is -0.477 e. The minimum atomic E-state index is -0.834. The van der Waals surface area contributed by atoms with Crippen LogP contribution in [-0.2, 0) is 14.3 Å². The van der Waals surface area contributed by atoms with Gasteiger partial charge in [0.15, 0.2) is 6.54 Å². The summed E-state index contributed by atoms with van der Waals surface area (Å²) in [7, 11) is 3.66. The highest BCUT2D eigenvalue weighted by molar-refractivity contribution is 5.69.